The predicted octanol–water partition coefficient (Wildman–Crippen LogP) is 2.60. The second-order valence-electron chi connectivity index (χ2n) is 5.39. The molecule has 1 amide bonds. The maximum Gasteiger partial charge on any atom is 0.222 e. The van der Waals surface area contributed by atoms with Crippen LogP contribution >= 0.6 is 0 Å². The first-order valence-corrected chi connectivity index (χ1v) is 7.22. The molecule has 0 N–H and O–H groups in total. The number of hydrogen-bond donors (Lipinski definition) is 0. The number of carbonyl (C=O) groups is 1. The lowest BCUT2D eigenvalue weighted by Crippen LogP contribution is -2.40. The Labute approximate surface area is 105 Å². The average molecular weight is 239 g/mol. The largest absolute Gasteiger partial charge is 0.378 e. The number of ether oxygens (including phenoxy) is 1. The van der Waals surface area contributed by atoms with Gasteiger partial charge >= 0.3 is 0 Å². The van der Waals surface area contributed by atoms with Crippen LogP contribution in [0.4, 0.5) is 0 Å². The van der Waals surface area contributed by atoms with Crippen LogP contribution in [0.3, 0.4) is 0 Å². The Morgan fingerprint density at radius 1 is 1.12 bits per heavy atom. The molecule has 2 aliphatic rings. The molecule has 1 saturated heterocycles. The van der Waals surface area contributed by atoms with Gasteiger partial charge in [0, 0.05) is 19.5 Å². The van der Waals surface area contributed by atoms with Crippen molar-refractivity contribution in [3.63, 3.8) is 0 Å². The van der Waals surface area contributed by atoms with Gasteiger partial charge in [-0.2, -0.15) is 0 Å². The second-order valence-corrected chi connectivity index (χ2v) is 5.39. The highest BCUT2D eigenvalue weighted by Crippen LogP contribution is 2.27. The smallest absolute Gasteiger partial charge is 0.222 e. The van der Waals surface area contributed by atoms with Gasteiger partial charge in [-0.3, -0.25) is 4.79 Å². The zero-order valence-electron chi connectivity index (χ0n) is 10.8. The Balaban J connectivity index is 1.58. The molecule has 2 fully saturated rings. The Morgan fingerprint density at radius 3 is 2.53 bits per heavy atom. The fourth-order valence-electron chi connectivity index (χ4n) is 2.99. The third-order valence-corrected chi connectivity index (χ3v) is 4.09. The van der Waals surface area contributed by atoms with Crippen molar-refractivity contribution in [3.05, 3.63) is 0 Å². The predicted molar refractivity (Wildman–Crippen MR) is 67.8 cm³/mol. The summed E-state index contributed by atoms with van der Waals surface area (Å²) in [7, 11) is 0. The fourth-order valence-corrected chi connectivity index (χ4v) is 2.99. The molecule has 2 rings (SSSR count). The van der Waals surface area contributed by atoms with Crippen molar-refractivity contribution < 1.29 is 9.53 Å². The minimum atomic E-state index is 0.337. The standard InChI is InChI=1S/C14H25NO2/c16-14(15-9-11-17-12-10-15)8-4-7-13-5-2-1-3-6-13/h13H,1-12H2. The van der Waals surface area contributed by atoms with Crippen molar-refractivity contribution in [2.75, 3.05) is 26.3 Å². The zero-order chi connectivity index (χ0) is 11.9. The van der Waals surface area contributed by atoms with Crippen LogP contribution in [0.5, 0.6) is 0 Å². The van der Waals surface area contributed by atoms with Crippen LogP contribution in [0.2, 0.25) is 0 Å². The van der Waals surface area contributed by atoms with E-state index in [2.05, 4.69) is 0 Å². The molecule has 0 radical (unpaired) electrons. The third-order valence-electron chi connectivity index (χ3n) is 4.09. The molecule has 0 aromatic rings. The van der Waals surface area contributed by atoms with Crippen LogP contribution in [0.25, 0.3) is 0 Å². The monoisotopic (exact) mass is 239 g/mol. The number of hydrogen-bond acceptors (Lipinski definition) is 2. The molecule has 1 saturated carbocycles. The Hall–Kier alpha value is -0.570. The quantitative estimate of drug-likeness (QED) is 0.754. The van der Waals surface area contributed by atoms with Crippen LogP contribution in [-0.4, -0.2) is 37.1 Å². The van der Waals surface area contributed by atoms with E-state index in [1.807, 2.05) is 4.90 Å². The average Bonchev–Trinajstić information content (AvgIpc) is 2.41. The summed E-state index contributed by atoms with van der Waals surface area (Å²) >= 11 is 0. The molecule has 17 heavy (non-hydrogen) atoms. The molecule has 1 aliphatic carbocycles. The second kappa shape index (κ2) is 7.00. The lowest BCUT2D eigenvalue weighted by atomic mass is 9.86. The van der Waals surface area contributed by atoms with Crippen molar-refractivity contribution in [1.29, 1.82) is 0 Å². The Morgan fingerprint density at radius 2 is 1.82 bits per heavy atom. The first-order valence-electron chi connectivity index (χ1n) is 7.22. The van der Waals surface area contributed by atoms with Crippen molar-refractivity contribution in [3.8, 4) is 0 Å². The molecule has 0 aromatic carbocycles. The van der Waals surface area contributed by atoms with Crippen molar-refractivity contribution >= 4 is 5.91 Å². The van der Waals surface area contributed by atoms with Gasteiger partial charge in [-0.05, 0) is 18.8 Å². The van der Waals surface area contributed by atoms with Crippen molar-refractivity contribution in [2.45, 2.75) is 51.4 Å². The molecule has 0 unspecified atom stereocenters. The molecule has 0 spiro atoms. The number of nitrogens with zero attached hydrogens (tertiary/aromatic N) is 1. The maximum atomic E-state index is 11.9. The number of amides is 1. The summed E-state index contributed by atoms with van der Waals surface area (Å²) in [6.07, 6.45) is 10.1. The van der Waals surface area contributed by atoms with Crippen LogP contribution in [0.15, 0.2) is 0 Å². The molecular formula is C14H25NO2. The molecule has 0 bridgehead atoms. The summed E-state index contributed by atoms with van der Waals surface area (Å²) in [5, 5.41) is 0. The van der Waals surface area contributed by atoms with Gasteiger partial charge < -0.3 is 9.64 Å². The van der Waals surface area contributed by atoms with E-state index in [1.54, 1.807) is 0 Å². The van der Waals surface area contributed by atoms with Crippen LogP contribution < -0.4 is 0 Å². The van der Waals surface area contributed by atoms with E-state index >= 15 is 0 Å². The van der Waals surface area contributed by atoms with Crippen LogP contribution in [0.1, 0.15) is 51.4 Å². The van der Waals surface area contributed by atoms with Crippen molar-refractivity contribution in [1.82, 2.24) is 4.90 Å². The molecule has 3 nitrogen and oxygen atoms in total. The van der Waals surface area contributed by atoms with Gasteiger partial charge in [0.15, 0.2) is 0 Å². The van der Waals surface area contributed by atoms with E-state index in [0.29, 0.717) is 19.1 Å². The molecule has 0 atom stereocenters. The number of carbonyl (C=O) groups excluding carboxylic acids is 1. The van der Waals surface area contributed by atoms with E-state index in [4.69, 9.17) is 4.74 Å². The summed E-state index contributed by atoms with van der Waals surface area (Å²) < 4.78 is 5.26. The zero-order valence-corrected chi connectivity index (χ0v) is 10.8. The SMILES string of the molecule is O=C(CCCC1CCCCC1)N1CCOCC1. The normalized spacial score (nSPS) is 22.7. The molecule has 0 aromatic heterocycles. The van der Waals surface area contributed by atoms with Gasteiger partial charge in [-0.1, -0.05) is 32.1 Å². The summed E-state index contributed by atoms with van der Waals surface area (Å²) in [4.78, 5) is 13.9. The topological polar surface area (TPSA) is 29.5 Å². The first kappa shape index (κ1) is 12.9. The van der Waals surface area contributed by atoms with E-state index in [9.17, 15) is 4.79 Å². The van der Waals surface area contributed by atoms with Gasteiger partial charge in [0.2, 0.25) is 5.91 Å². The molecular weight excluding hydrogens is 214 g/mol. The van der Waals surface area contributed by atoms with E-state index in [0.717, 1.165) is 31.8 Å². The molecule has 1 aliphatic heterocycles. The van der Waals surface area contributed by atoms with E-state index in [-0.39, 0.29) is 0 Å². The third kappa shape index (κ3) is 4.30. The number of morpholine rings is 1. The molecule has 98 valence electrons. The molecule has 3 heteroatoms. The highest BCUT2D eigenvalue weighted by Gasteiger charge is 2.18. The minimum Gasteiger partial charge on any atom is -0.378 e. The lowest BCUT2D eigenvalue weighted by Gasteiger charge is -2.27. The van der Waals surface area contributed by atoms with Crippen LogP contribution in [0, 0.1) is 5.92 Å². The van der Waals surface area contributed by atoms with Gasteiger partial charge in [0.1, 0.15) is 0 Å². The van der Waals surface area contributed by atoms with Crippen LogP contribution in [-0.2, 0) is 9.53 Å². The maximum absolute atomic E-state index is 11.9. The van der Waals surface area contributed by atoms with E-state index in [1.165, 1.54) is 38.5 Å². The first-order chi connectivity index (χ1) is 8.36. The Bertz CT molecular complexity index is 230. The summed E-state index contributed by atoms with van der Waals surface area (Å²) in [5.74, 6) is 1.24. The lowest BCUT2D eigenvalue weighted by molar-refractivity contribution is -0.135. The van der Waals surface area contributed by atoms with Gasteiger partial charge in [0.25, 0.3) is 0 Å². The highest BCUT2D eigenvalue weighted by atomic mass is 16.5. The fraction of sp³-hybridized carbons (Fsp3) is 0.929. The summed E-state index contributed by atoms with van der Waals surface area (Å²) in [6, 6.07) is 0. The highest BCUT2D eigenvalue weighted by molar-refractivity contribution is 5.76. The van der Waals surface area contributed by atoms with E-state index < -0.39 is 0 Å². The molecule has 1 heterocycles. The Kier molecular flexibility index (Phi) is 5.30. The summed E-state index contributed by atoms with van der Waals surface area (Å²) in [6.45, 7) is 3.02. The number of rotatable bonds is 4. The minimum absolute atomic E-state index is 0.337. The van der Waals surface area contributed by atoms with Gasteiger partial charge in [0.05, 0.1) is 13.2 Å². The van der Waals surface area contributed by atoms with Crippen molar-refractivity contribution in [2.24, 2.45) is 5.92 Å². The van der Waals surface area contributed by atoms with Gasteiger partial charge in [-0.25, -0.2) is 0 Å². The van der Waals surface area contributed by atoms with Gasteiger partial charge in [-0.15, -0.1) is 0 Å². The summed E-state index contributed by atoms with van der Waals surface area (Å²) in [5.41, 5.74) is 0.